The molecule has 6 aromatic carbocycles. The number of ether oxygens (including phenoxy) is 2. The van der Waals surface area contributed by atoms with Crippen LogP contribution in [0.4, 0.5) is 22.7 Å². The SMILES string of the molecule is COc1cccc(CN(Cc2cccc(N3CCCC3)c2)c2cccc(CN3CCN(C)CC3)c2)c1.COc1cccc(CN(Cc2cccc(N3CCCC3)c2)c2cccc(CN3CCNCC3=O)c2)c1. The summed E-state index contributed by atoms with van der Waals surface area (Å²) < 4.78 is 11.0. The maximum absolute atomic E-state index is 12.3. The minimum absolute atomic E-state index is 0.165. The van der Waals surface area contributed by atoms with Gasteiger partial charge in [0.2, 0.25) is 5.91 Å². The Kier molecular flexibility index (Phi) is 17.7. The number of carbonyl (C=O) groups is 1. The molecule has 0 aliphatic carbocycles. The largest absolute Gasteiger partial charge is 0.497 e. The molecule has 1 amide bonds. The first-order valence-corrected chi connectivity index (χ1v) is 26.3. The summed E-state index contributed by atoms with van der Waals surface area (Å²) in [7, 11) is 5.66. The van der Waals surface area contributed by atoms with Gasteiger partial charge in [-0.25, -0.2) is 0 Å². The van der Waals surface area contributed by atoms with Crippen molar-refractivity contribution in [1.82, 2.24) is 20.0 Å². The molecule has 10 rings (SSSR count). The Morgan fingerprint density at radius 3 is 1.38 bits per heavy atom. The molecule has 1 N–H and O–H groups in total. The molecule has 4 saturated heterocycles. The number of benzene rings is 6. The van der Waals surface area contributed by atoms with Gasteiger partial charge in [-0.05, 0) is 139 Å². The zero-order valence-corrected chi connectivity index (χ0v) is 43.1. The number of hydrogen-bond donors (Lipinski definition) is 1. The van der Waals surface area contributed by atoms with Gasteiger partial charge in [-0.1, -0.05) is 72.8 Å². The fourth-order valence-electron chi connectivity index (χ4n) is 10.6. The summed E-state index contributed by atoms with van der Waals surface area (Å²) in [5, 5.41) is 3.16. The first-order valence-electron chi connectivity index (χ1n) is 26.3. The highest BCUT2D eigenvalue weighted by atomic mass is 16.5. The zero-order valence-electron chi connectivity index (χ0n) is 43.1. The van der Waals surface area contributed by atoms with E-state index in [-0.39, 0.29) is 5.91 Å². The highest BCUT2D eigenvalue weighted by Crippen LogP contribution is 2.29. The molecule has 4 aliphatic rings. The van der Waals surface area contributed by atoms with Crippen molar-refractivity contribution < 1.29 is 14.3 Å². The van der Waals surface area contributed by atoms with Crippen LogP contribution >= 0.6 is 0 Å². The van der Waals surface area contributed by atoms with Gasteiger partial charge in [-0.3, -0.25) is 9.69 Å². The minimum Gasteiger partial charge on any atom is -0.497 e. The van der Waals surface area contributed by atoms with Gasteiger partial charge < -0.3 is 44.2 Å². The van der Waals surface area contributed by atoms with Gasteiger partial charge in [-0.2, -0.15) is 0 Å². The van der Waals surface area contributed by atoms with E-state index >= 15 is 0 Å². The standard InChI is InChI=1S/C31H40N4O.C30H36N4O2/c1-32-16-18-33(19-17-32)23-26-8-5-12-30(20-26)35(25-28-10-7-13-31(22-28)36-2)24-27-9-6-11-29(21-27)34-14-3-4-15-34;1-36-29-12-6-9-26(19-29)23-34(22-25-8-4-10-27(17-25)32-14-2-3-15-32)28-11-5-7-24(18-28)21-33-16-13-31-20-30(33)35/h5-13,20-22H,3-4,14-19,23-25H2,1-2H3;4-12,17-19,31H,2-3,13-16,20-23H2,1H3. The molecule has 0 spiro atoms. The van der Waals surface area contributed by atoms with Crippen LogP contribution in [0.5, 0.6) is 11.5 Å². The second-order valence-electron chi connectivity index (χ2n) is 20.1. The number of nitrogens with one attached hydrogen (secondary N) is 1. The van der Waals surface area contributed by atoms with Crippen molar-refractivity contribution in [1.29, 1.82) is 0 Å². The molecule has 0 unspecified atom stereocenters. The maximum atomic E-state index is 12.3. The van der Waals surface area contributed by atoms with E-state index in [1.54, 1.807) is 14.2 Å². The third-order valence-corrected chi connectivity index (χ3v) is 14.6. The number of piperazine rings is 2. The molecule has 11 nitrogen and oxygen atoms in total. The molecular formula is C61H76N8O3. The van der Waals surface area contributed by atoms with E-state index in [1.807, 2.05) is 23.1 Å². The fourth-order valence-corrected chi connectivity index (χ4v) is 10.6. The highest BCUT2D eigenvalue weighted by molar-refractivity contribution is 5.79. The molecule has 0 atom stereocenters. The lowest BCUT2D eigenvalue weighted by Crippen LogP contribution is -2.47. The Bertz CT molecular complexity index is 2660. The predicted octanol–water partition coefficient (Wildman–Crippen LogP) is 9.68. The average molecular weight is 969 g/mol. The third-order valence-electron chi connectivity index (χ3n) is 14.6. The number of methoxy groups -OCH3 is 2. The summed E-state index contributed by atoms with van der Waals surface area (Å²) in [4.78, 5) is 29.2. The van der Waals surface area contributed by atoms with Crippen LogP contribution < -0.4 is 34.4 Å². The van der Waals surface area contributed by atoms with E-state index in [0.717, 1.165) is 108 Å². The average Bonchev–Trinajstić information content (AvgIpc) is 4.18. The van der Waals surface area contributed by atoms with Crippen LogP contribution in [0.1, 0.15) is 59.1 Å². The molecule has 4 aliphatic heterocycles. The van der Waals surface area contributed by atoms with Crippen LogP contribution in [-0.4, -0.2) is 114 Å². The predicted molar refractivity (Wildman–Crippen MR) is 295 cm³/mol. The van der Waals surface area contributed by atoms with Crippen LogP contribution in [0.2, 0.25) is 0 Å². The molecule has 4 heterocycles. The Morgan fingerprint density at radius 1 is 0.472 bits per heavy atom. The number of rotatable bonds is 18. The topological polar surface area (TPSA) is 70.2 Å². The molecular weight excluding hydrogens is 893 g/mol. The highest BCUT2D eigenvalue weighted by Gasteiger charge is 2.21. The normalized spacial score (nSPS) is 16.4. The van der Waals surface area contributed by atoms with E-state index in [9.17, 15) is 4.79 Å². The van der Waals surface area contributed by atoms with E-state index < -0.39 is 0 Å². The molecule has 6 aromatic rings. The number of anilines is 4. The molecule has 0 aromatic heterocycles. The third kappa shape index (κ3) is 14.1. The van der Waals surface area contributed by atoms with Crippen molar-refractivity contribution in [3.05, 3.63) is 179 Å². The van der Waals surface area contributed by atoms with E-state index in [1.165, 1.54) is 83.7 Å². The lowest BCUT2D eigenvalue weighted by molar-refractivity contribution is -0.132. The molecule has 0 radical (unpaired) electrons. The Balaban J connectivity index is 0.000000178. The quantitative estimate of drug-likeness (QED) is 0.0901. The van der Waals surface area contributed by atoms with Gasteiger partial charge in [0.15, 0.2) is 0 Å². The van der Waals surface area contributed by atoms with Crippen molar-refractivity contribution in [2.45, 2.75) is 65.0 Å². The lowest BCUT2D eigenvalue weighted by atomic mass is 10.1. The van der Waals surface area contributed by atoms with Crippen LogP contribution in [0, 0.1) is 0 Å². The number of amides is 1. The summed E-state index contributed by atoms with van der Waals surface area (Å²) in [5.74, 6) is 1.94. The molecule has 378 valence electrons. The second-order valence-corrected chi connectivity index (χ2v) is 20.1. The fraction of sp³-hybridized carbons (Fsp3) is 0.393. The molecule has 11 heteroatoms. The number of nitrogens with zero attached hydrogens (tertiary/aromatic N) is 7. The van der Waals surface area contributed by atoms with Crippen molar-refractivity contribution in [3.63, 3.8) is 0 Å². The summed E-state index contributed by atoms with van der Waals surface area (Å²) in [5.41, 5.74) is 12.8. The number of carbonyl (C=O) groups excluding carboxylic acids is 1. The summed E-state index contributed by atoms with van der Waals surface area (Å²) in [6, 6.07) is 52.7. The van der Waals surface area contributed by atoms with Crippen molar-refractivity contribution in [2.75, 3.05) is 113 Å². The maximum Gasteiger partial charge on any atom is 0.236 e. The summed E-state index contributed by atoms with van der Waals surface area (Å²) >= 11 is 0. The Hall–Kier alpha value is -6.53. The molecule has 0 saturated carbocycles. The molecule has 4 fully saturated rings. The Morgan fingerprint density at radius 2 is 0.903 bits per heavy atom. The summed E-state index contributed by atoms with van der Waals surface area (Å²) in [6.45, 7) is 16.2. The first kappa shape index (κ1) is 50.4. The van der Waals surface area contributed by atoms with Crippen LogP contribution in [0.15, 0.2) is 146 Å². The zero-order chi connectivity index (χ0) is 49.5. The van der Waals surface area contributed by atoms with Gasteiger partial charge in [0.1, 0.15) is 11.5 Å². The van der Waals surface area contributed by atoms with E-state index in [0.29, 0.717) is 13.1 Å². The lowest BCUT2D eigenvalue weighted by Gasteiger charge is -2.32. The minimum atomic E-state index is 0.165. The Labute approximate surface area is 429 Å². The van der Waals surface area contributed by atoms with Gasteiger partial charge in [0.25, 0.3) is 0 Å². The monoisotopic (exact) mass is 969 g/mol. The van der Waals surface area contributed by atoms with Gasteiger partial charge >= 0.3 is 0 Å². The number of likely N-dealkylation sites (N-methyl/N-ethyl adjacent to an activating group) is 1. The second kappa shape index (κ2) is 25.2. The van der Waals surface area contributed by atoms with Crippen molar-refractivity contribution in [3.8, 4) is 11.5 Å². The van der Waals surface area contributed by atoms with Crippen LogP contribution in [0.25, 0.3) is 0 Å². The van der Waals surface area contributed by atoms with Crippen LogP contribution in [-0.2, 0) is 44.1 Å². The van der Waals surface area contributed by atoms with Gasteiger partial charge in [0.05, 0.1) is 20.8 Å². The first-order chi connectivity index (χ1) is 35.3. The molecule has 72 heavy (non-hydrogen) atoms. The van der Waals surface area contributed by atoms with E-state index in [4.69, 9.17) is 9.47 Å². The number of hydrogen-bond acceptors (Lipinski definition) is 10. The smallest absolute Gasteiger partial charge is 0.236 e. The van der Waals surface area contributed by atoms with Crippen LogP contribution in [0.3, 0.4) is 0 Å². The molecule has 0 bridgehead atoms. The van der Waals surface area contributed by atoms with Gasteiger partial charge in [-0.15, -0.1) is 0 Å². The van der Waals surface area contributed by atoms with Crippen molar-refractivity contribution >= 4 is 28.7 Å². The van der Waals surface area contributed by atoms with E-state index in [2.05, 4.69) is 169 Å². The summed E-state index contributed by atoms with van der Waals surface area (Å²) in [6.07, 6.45) is 5.14. The van der Waals surface area contributed by atoms with Gasteiger partial charge in [0, 0.05) is 127 Å². The van der Waals surface area contributed by atoms with Crippen molar-refractivity contribution in [2.24, 2.45) is 0 Å².